The van der Waals surface area contributed by atoms with Crippen LogP contribution in [0.25, 0.3) is 10.4 Å². The zero-order valence-corrected chi connectivity index (χ0v) is 18.0. The van der Waals surface area contributed by atoms with Crippen molar-refractivity contribution in [2.45, 2.75) is 13.5 Å². The molecule has 0 aliphatic rings. The molecule has 0 radical (unpaired) electrons. The summed E-state index contributed by atoms with van der Waals surface area (Å²) in [6.45, 7) is 2.21. The van der Waals surface area contributed by atoms with E-state index in [1.165, 1.54) is 23.5 Å². The van der Waals surface area contributed by atoms with E-state index < -0.39 is 0 Å². The molecule has 5 nitrogen and oxygen atoms in total. The van der Waals surface area contributed by atoms with Crippen LogP contribution < -0.4 is 9.47 Å². The highest BCUT2D eigenvalue weighted by molar-refractivity contribution is 7.17. The normalized spacial score (nSPS) is 10.7. The molecule has 3 aromatic rings. The maximum Gasteiger partial charge on any atom is 0.264 e. The first kappa shape index (κ1) is 21.8. The lowest BCUT2D eigenvalue weighted by atomic mass is 10.1. The fraction of sp³-hybridized carbons (Fsp3) is 0.261. The van der Waals surface area contributed by atoms with Crippen LogP contribution in [0, 0.1) is 12.7 Å². The molecular weight excluding hydrogens is 405 g/mol. The van der Waals surface area contributed by atoms with E-state index in [1.807, 2.05) is 19.1 Å². The number of rotatable bonds is 8. The van der Waals surface area contributed by atoms with Gasteiger partial charge in [0.05, 0.1) is 25.7 Å². The summed E-state index contributed by atoms with van der Waals surface area (Å²) in [4.78, 5) is 16.3. The molecule has 0 spiro atoms. The van der Waals surface area contributed by atoms with Gasteiger partial charge in [0.15, 0.2) is 0 Å². The third-order valence-electron chi connectivity index (χ3n) is 4.74. The van der Waals surface area contributed by atoms with E-state index in [0.29, 0.717) is 16.4 Å². The molecule has 1 aromatic heterocycles. The number of hydrogen-bond acceptors (Lipinski definition) is 5. The average molecular weight is 430 g/mol. The summed E-state index contributed by atoms with van der Waals surface area (Å²) in [6, 6.07) is 13.4. The number of carbonyl (C=O) groups excluding carboxylic acids is 1. The zero-order valence-electron chi connectivity index (χ0n) is 17.1. The van der Waals surface area contributed by atoms with E-state index in [0.717, 1.165) is 21.6 Å². The van der Waals surface area contributed by atoms with E-state index in [9.17, 15) is 14.3 Å². The van der Waals surface area contributed by atoms with E-state index >= 15 is 0 Å². The van der Waals surface area contributed by atoms with Crippen molar-refractivity contribution >= 4 is 17.2 Å². The second-order valence-electron chi connectivity index (χ2n) is 6.76. The summed E-state index contributed by atoms with van der Waals surface area (Å²) >= 11 is 1.36. The molecule has 0 fully saturated rings. The van der Waals surface area contributed by atoms with Gasteiger partial charge in [0.1, 0.15) is 17.3 Å². The highest BCUT2D eigenvalue weighted by Gasteiger charge is 2.21. The van der Waals surface area contributed by atoms with Gasteiger partial charge in [0.25, 0.3) is 5.91 Å². The lowest BCUT2D eigenvalue weighted by Gasteiger charge is -2.22. The van der Waals surface area contributed by atoms with Crippen LogP contribution in [0.1, 0.15) is 20.8 Å². The van der Waals surface area contributed by atoms with Crippen LogP contribution in [0.2, 0.25) is 0 Å². The minimum atomic E-state index is -0.300. The molecule has 0 aliphatic heterocycles. The molecule has 3 rings (SSSR count). The predicted octanol–water partition coefficient (Wildman–Crippen LogP) is 4.51. The Morgan fingerprint density at radius 1 is 1.10 bits per heavy atom. The van der Waals surface area contributed by atoms with Gasteiger partial charge < -0.3 is 19.5 Å². The standard InChI is InChI=1S/C23H24FNO4S/c1-15-12-21(30-22(15)16-4-6-18(24)7-5-16)23(27)25(10-11-26)14-17-13-19(28-2)8-9-20(17)29-3/h4-9,12-13,26H,10-11,14H2,1-3H3. The summed E-state index contributed by atoms with van der Waals surface area (Å²) in [5, 5.41) is 9.52. The number of thiophene rings is 1. The topological polar surface area (TPSA) is 59.0 Å². The Kier molecular flexibility index (Phi) is 7.07. The van der Waals surface area contributed by atoms with Crippen molar-refractivity contribution in [2.24, 2.45) is 0 Å². The molecule has 0 saturated carbocycles. The van der Waals surface area contributed by atoms with Crippen LogP contribution in [-0.4, -0.2) is 43.3 Å². The molecule has 1 heterocycles. The molecule has 7 heteroatoms. The maximum absolute atomic E-state index is 13.2. The van der Waals surface area contributed by atoms with Crippen molar-refractivity contribution in [1.82, 2.24) is 4.90 Å². The Hall–Kier alpha value is -2.90. The molecule has 1 amide bonds. The van der Waals surface area contributed by atoms with Gasteiger partial charge in [-0.05, 0) is 54.4 Å². The molecule has 0 aliphatic carbocycles. The van der Waals surface area contributed by atoms with Crippen molar-refractivity contribution in [1.29, 1.82) is 0 Å². The lowest BCUT2D eigenvalue weighted by Crippen LogP contribution is -2.32. The Bertz CT molecular complexity index is 1020. The second-order valence-corrected chi connectivity index (χ2v) is 7.81. The van der Waals surface area contributed by atoms with Crippen LogP contribution in [0.15, 0.2) is 48.5 Å². The molecule has 0 atom stereocenters. The number of aliphatic hydroxyl groups excluding tert-OH is 1. The monoisotopic (exact) mass is 429 g/mol. The van der Waals surface area contributed by atoms with E-state index in [4.69, 9.17) is 9.47 Å². The third-order valence-corrected chi connectivity index (χ3v) is 6.02. The molecule has 30 heavy (non-hydrogen) atoms. The second kappa shape index (κ2) is 9.73. The van der Waals surface area contributed by atoms with Gasteiger partial charge in [0.2, 0.25) is 0 Å². The Morgan fingerprint density at radius 3 is 2.47 bits per heavy atom. The minimum absolute atomic E-state index is 0.160. The van der Waals surface area contributed by atoms with Crippen LogP contribution in [0.3, 0.4) is 0 Å². The number of amides is 1. The number of benzene rings is 2. The SMILES string of the molecule is COc1ccc(OC)c(CN(CCO)C(=O)c2cc(C)c(-c3ccc(F)cc3)s2)c1. The number of nitrogens with zero attached hydrogens (tertiary/aromatic N) is 1. The van der Waals surface area contributed by atoms with Crippen molar-refractivity contribution in [2.75, 3.05) is 27.4 Å². The van der Waals surface area contributed by atoms with Gasteiger partial charge in [-0.25, -0.2) is 4.39 Å². The van der Waals surface area contributed by atoms with Gasteiger partial charge in [-0.15, -0.1) is 11.3 Å². The van der Waals surface area contributed by atoms with Crippen LogP contribution in [0.5, 0.6) is 11.5 Å². The van der Waals surface area contributed by atoms with Gasteiger partial charge in [-0.1, -0.05) is 12.1 Å². The van der Waals surface area contributed by atoms with Crippen molar-refractivity contribution in [3.8, 4) is 21.9 Å². The molecule has 2 aromatic carbocycles. The van der Waals surface area contributed by atoms with Crippen LogP contribution in [-0.2, 0) is 6.54 Å². The van der Waals surface area contributed by atoms with Gasteiger partial charge in [-0.3, -0.25) is 4.79 Å². The van der Waals surface area contributed by atoms with Crippen molar-refractivity contribution in [3.05, 3.63) is 70.4 Å². The first-order chi connectivity index (χ1) is 14.5. The molecule has 1 N–H and O–H groups in total. The predicted molar refractivity (Wildman–Crippen MR) is 116 cm³/mol. The molecule has 0 saturated heterocycles. The molecule has 158 valence electrons. The van der Waals surface area contributed by atoms with Crippen molar-refractivity contribution < 1.29 is 23.8 Å². The number of ether oxygens (including phenoxy) is 2. The summed E-state index contributed by atoms with van der Waals surface area (Å²) < 4.78 is 24.0. The first-order valence-electron chi connectivity index (χ1n) is 9.44. The minimum Gasteiger partial charge on any atom is -0.497 e. The molecule has 0 bridgehead atoms. The van der Waals surface area contributed by atoms with Crippen molar-refractivity contribution in [3.63, 3.8) is 0 Å². The summed E-state index contributed by atoms with van der Waals surface area (Å²) in [5.41, 5.74) is 2.59. The lowest BCUT2D eigenvalue weighted by molar-refractivity contribution is 0.0711. The Morgan fingerprint density at radius 2 is 1.83 bits per heavy atom. The molecular formula is C23H24FNO4S. The number of aryl methyl sites for hydroxylation is 1. The van der Waals surface area contributed by atoms with E-state index in [-0.39, 0.29) is 31.4 Å². The maximum atomic E-state index is 13.2. The fourth-order valence-electron chi connectivity index (χ4n) is 3.22. The number of hydrogen-bond donors (Lipinski definition) is 1. The molecule has 0 unspecified atom stereocenters. The average Bonchev–Trinajstić information content (AvgIpc) is 3.15. The smallest absolute Gasteiger partial charge is 0.264 e. The fourth-order valence-corrected chi connectivity index (χ4v) is 4.36. The Labute approximate surface area is 179 Å². The number of aliphatic hydroxyl groups is 1. The Balaban J connectivity index is 1.89. The summed E-state index contributed by atoms with van der Waals surface area (Å²) in [6.07, 6.45) is 0. The number of halogens is 1. The summed E-state index contributed by atoms with van der Waals surface area (Å²) in [5.74, 6) is 0.815. The highest BCUT2D eigenvalue weighted by Crippen LogP contribution is 2.34. The first-order valence-corrected chi connectivity index (χ1v) is 10.3. The van der Waals surface area contributed by atoms with E-state index in [2.05, 4.69) is 0 Å². The largest absolute Gasteiger partial charge is 0.497 e. The third kappa shape index (κ3) is 4.80. The highest BCUT2D eigenvalue weighted by atomic mass is 32.1. The zero-order chi connectivity index (χ0) is 21.7. The number of carbonyl (C=O) groups is 1. The summed E-state index contributed by atoms with van der Waals surface area (Å²) in [7, 11) is 3.15. The van der Waals surface area contributed by atoms with Gasteiger partial charge in [-0.2, -0.15) is 0 Å². The van der Waals surface area contributed by atoms with Crippen LogP contribution >= 0.6 is 11.3 Å². The van der Waals surface area contributed by atoms with Gasteiger partial charge >= 0.3 is 0 Å². The van der Waals surface area contributed by atoms with E-state index in [1.54, 1.807) is 43.4 Å². The van der Waals surface area contributed by atoms with Crippen LogP contribution in [0.4, 0.5) is 4.39 Å². The van der Waals surface area contributed by atoms with Gasteiger partial charge in [0, 0.05) is 23.5 Å². The quantitative estimate of drug-likeness (QED) is 0.572. The number of methoxy groups -OCH3 is 2.